The topological polar surface area (TPSA) is 84.6 Å². The van der Waals surface area contributed by atoms with Crippen molar-refractivity contribution in [2.75, 3.05) is 13.1 Å². The number of guanidine groups is 1. The molecule has 1 unspecified atom stereocenters. The fraction of sp³-hybridized carbons (Fsp3) is 0.438. The van der Waals surface area contributed by atoms with Gasteiger partial charge in [0.25, 0.3) is 0 Å². The molecular weight excluding hydrogens is 374 g/mol. The SMILES string of the molecule is CCNC(=NCc1noc(C)n1)NCC(C)Oc1ccccc1Br. The number of aromatic nitrogens is 2. The molecule has 0 radical (unpaired) electrons. The molecule has 7 nitrogen and oxygen atoms in total. The first-order valence-electron chi connectivity index (χ1n) is 7.81. The van der Waals surface area contributed by atoms with Crippen LogP contribution < -0.4 is 15.4 Å². The monoisotopic (exact) mass is 395 g/mol. The van der Waals surface area contributed by atoms with E-state index in [-0.39, 0.29) is 6.10 Å². The van der Waals surface area contributed by atoms with Gasteiger partial charge in [0, 0.05) is 13.5 Å². The quantitative estimate of drug-likeness (QED) is 0.553. The summed E-state index contributed by atoms with van der Waals surface area (Å²) < 4.78 is 11.8. The Hall–Kier alpha value is -2.09. The molecule has 0 amide bonds. The van der Waals surface area contributed by atoms with Gasteiger partial charge < -0.3 is 19.9 Å². The maximum Gasteiger partial charge on any atom is 0.223 e. The number of halogens is 1. The van der Waals surface area contributed by atoms with E-state index in [0.717, 1.165) is 16.8 Å². The Morgan fingerprint density at radius 2 is 2.17 bits per heavy atom. The summed E-state index contributed by atoms with van der Waals surface area (Å²) in [6.07, 6.45) is -0.0278. The number of rotatable bonds is 7. The van der Waals surface area contributed by atoms with Gasteiger partial charge in [-0.2, -0.15) is 4.98 Å². The molecule has 2 aromatic rings. The lowest BCUT2D eigenvalue weighted by molar-refractivity contribution is 0.222. The molecule has 0 saturated heterocycles. The first-order chi connectivity index (χ1) is 11.6. The standard InChI is InChI=1S/C16H22BrN5O2/c1-4-18-16(20-10-15-21-12(3)24-22-15)19-9-11(2)23-14-8-6-5-7-13(14)17/h5-8,11H,4,9-10H2,1-3H3,(H2,18,19,20). The number of para-hydroxylation sites is 1. The van der Waals surface area contributed by atoms with Crippen LogP contribution in [0.15, 0.2) is 38.3 Å². The van der Waals surface area contributed by atoms with Crippen LogP contribution in [0.25, 0.3) is 0 Å². The summed E-state index contributed by atoms with van der Waals surface area (Å²) in [7, 11) is 0. The van der Waals surface area contributed by atoms with Gasteiger partial charge in [-0.1, -0.05) is 17.3 Å². The lowest BCUT2D eigenvalue weighted by Crippen LogP contribution is -2.41. The van der Waals surface area contributed by atoms with Gasteiger partial charge in [-0.3, -0.25) is 0 Å². The van der Waals surface area contributed by atoms with Gasteiger partial charge in [0.15, 0.2) is 11.8 Å². The van der Waals surface area contributed by atoms with Crippen molar-refractivity contribution >= 4 is 21.9 Å². The number of aliphatic imine (C=N–C) groups is 1. The third-order valence-electron chi connectivity index (χ3n) is 3.01. The van der Waals surface area contributed by atoms with Gasteiger partial charge in [-0.25, -0.2) is 4.99 Å². The average molecular weight is 396 g/mol. The molecule has 0 saturated carbocycles. The molecule has 0 bridgehead atoms. The summed E-state index contributed by atoms with van der Waals surface area (Å²) in [5.74, 6) is 2.59. The predicted molar refractivity (Wildman–Crippen MR) is 96.1 cm³/mol. The van der Waals surface area contributed by atoms with Crippen LogP contribution in [-0.4, -0.2) is 35.3 Å². The van der Waals surface area contributed by atoms with Crippen molar-refractivity contribution in [3.05, 3.63) is 40.5 Å². The number of benzene rings is 1. The van der Waals surface area contributed by atoms with Crippen LogP contribution in [0.3, 0.4) is 0 Å². The highest BCUT2D eigenvalue weighted by atomic mass is 79.9. The van der Waals surface area contributed by atoms with Gasteiger partial charge in [-0.05, 0) is 41.9 Å². The van der Waals surface area contributed by atoms with Crippen LogP contribution in [0.4, 0.5) is 0 Å². The predicted octanol–water partition coefficient (Wildman–Crippen LogP) is 2.66. The van der Waals surface area contributed by atoms with Gasteiger partial charge in [0.1, 0.15) is 18.4 Å². The van der Waals surface area contributed by atoms with Crippen molar-refractivity contribution in [2.45, 2.75) is 33.4 Å². The first-order valence-corrected chi connectivity index (χ1v) is 8.60. The summed E-state index contributed by atoms with van der Waals surface area (Å²) in [6, 6.07) is 7.78. The molecule has 2 rings (SSSR count). The third kappa shape index (κ3) is 5.84. The lowest BCUT2D eigenvalue weighted by Gasteiger charge is -2.18. The number of nitrogens with zero attached hydrogens (tertiary/aromatic N) is 3. The smallest absolute Gasteiger partial charge is 0.223 e. The van der Waals surface area contributed by atoms with E-state index in [2.05, 4.69) is 41.7 Å². The van der Waals surface area contributed by atoms with E-state index >= 15 is 0 Å². The number of hydrogen-bond acceptors (Lipinski definition) is 5. The largest absolute Gasteiger partial charge is 0.488 e. The second kappa shape index (κ2) is 9.27. The minimum atomic E-state index is -0.0278. The summed E-state index contributed by atoms with van der Waals surface area (Å²) in [6.45, 7) is 7.49. The second-order valence-electron chi connectivity index (χ2n) is 5.16. The molecule has 24 heavy (non-hydrogen) atoms. The highest BCUT2D eigenvalue weighted by molar-refractivity contribution is 9.10. The maximum absolute atomic E-state index is 5.91. The Morgan fingerprint density at radius 3 is 2.83 bits per heavy atom. The average Bonchev–Trinajstić information content (AvgIpc) is 2.98. The Labute approximate surface area is 150 Å². The van der Waals surface area contributed by atoms with Crippen LogP contribution in [0, 0.1) is 6.92 Å². The zero-order valence-electron chi connectivity index (χ0n) is 14.0. The van der Waals surface area contributed by atoms with Gasteiger partial charge in [-0.15, -0.1) is 0 Å². The minimum Gasteiger partial charge on any atom is -0.488 e. The summed E-state index contributed by atoms with van der Waals surface area (Å²) in [5.41, 5.74) is 0. The molecule has 1 aromatic heterocycles. The molecule has 130 valence electrons. The van der Waals surface area contributed by atoms with Crippen molar-refractivity contribution in [3.63, 3.8) is 0 Å². The first kappa shape index (κ1) is 18.3. The Bertz CT molecular complexity index is 674. The second-order valence-corrected chi connectivity index (χ2v) is 6.02. The van der Waals surface area contributed by atoms with Crippen LogP contribution in [0.2, 0.25) is 0 Å². The van der Waals surface area contributed by atoms with Gasteiger partial charge in [0.05, 0.1) is 11.0 Å². The van der Waals surface area contributed by atoms with Crippen molar-refractivity contribution < 1.29 is 9.26 Å². The van der Waals surface area contributed by atoms with E-state index in [1.807, 2.05) is 38.1 Å². The molecular formula is C16H22BrN5O2. The summed E-state index contributed by atoms with van der Waals surface area (Å²) in [4.78, 5) is 8.57. The van der Waals surface area contributed by atoms with Crippen LogP contribution in [0.1, 0.15) is 25.6 Å². The number of nitrogens with one attached hydrogen (secondary N) is 2. The van der Waals surface area contributed by atoms with E-state index in [1.54, 1.807) is 6.92 Å². The number of ether oxygens (including phenoxy) is 1. The molecule has 0 aliphatic carbocycles. The lowest BCUT2D eigenvalue weighted by atomic mass is 10.3. The van der Waals surface area contributed by atoms with Crippen molar-refractivity contribution in [1.82, 2.24) is 20.8 Å². The molecule has 1 aromatic carbocycles. The van der Waals surface area contributed by atoms with E-state index in [0.29, 0.717) is 30.8 Å². The van der Waals surface area contributed by atoms with Gasteiger partial charge in [0.2, 0.25) is 5.89 Å². The van der Waals surface area contributed by atoms with E-state index in [9.17, 15) is 0 Å². The highest BCUT2D eigenvalue weighted by Gasteiger charge is 2.08. The van der Waals surface area contributed by atoms with Crippen LogP contribution >= 0.6 is 15.9 Å². The zero-order valence-corrected chi connectivity index (χ0v) is 15.6. The van der Waals surface area contributed by atoms with Crippen molar-refractivity contribution in [2.24, 2.45) is 4.99 Å². The number of hydrogen-bond donors (Lipinski definition) is 2. The number of aryl methyl sites for hydroxylation is 1. The maximum atomic E-state index is 5.91. The molecule has 0 fully saturated rings. The third-order valence-corrected chi connectivity index (χ3v) is 3.67. The normalized spacial score (nSPS) is 12.8. The zero-order chi connectivity index (χ0) is 17.4. The molecule has 1 heterocycles. The molecule has 0 aliphatic rings. The molecule has 1 atom stereocenters. The minimum absolute atomic E-state index is 0.0278. The highest BCUT2D eigenvalue weighted by Crippen LogP contribution is 2.24. The molecule has 2 N–H and O–H groups in total. The molecule has 0 aliphatic heterocycles. The van der Waals surface area contributed by atoms with Crippen molar-refractivity contribution in [3.8, 4) is 5.75 Å². The van der Waals surface area contributed by atoms with E-state index in [1.165, 1.54) is 0 Å². The summed E-state index contributed by atoms with van der Waals surface area (Å²) in [5, 5.41) is 10.3. The van der Waals surface area contributed by atoms with Crippen LogP contribution in [0.5, 0.6) is 5.75 Å². The Kier molecular flexibility index (Phi) is 7.05. The fourth-order valence-corrected chi connectivity index (χ4v) is 2.31. The Balaban J connectivity index is 1.87. The molecule has 8 heteroatoms. The van der Waals surface area contributed by atoms with E-state index < -0.39 is 0 Å². The van der Waals surface area contributed by atoms with Crippen molar-refractivity contribution in [1.29, 1.82) is 0 Å². The van der Waals surface area contributed by atoms with Crippen LogP contribution in [-0.2, 0) is 6.54 Å². The van der Waals surface area contributed by atoms with E-state index in [4.69, 9.17) is 9.26 Å². The fourth-order valence-electron chi connectivity index (χ4n) is 1.94. The molecule has 0 spiro atoms. The van der Waals surface area contributed by atoms with Gasteiger partial charge >= 0.3 is 0 Å². The summed E-state index contributed by atoms with van der Waals surface area (Å²) >= 11 is 3.48. The Morgan fingerprint density at radius 1 is 1.38 bits per heavy atom.